The molecule has 0 saturated heterocycles. The topological polar surface area (TPSA) is 46.5 Å². The molecule has 0 radical (unpaired) electrons. The first kappa shape index (κ1) is 14.4. The number of carbonyl (C=O) groups is 1. The molecule has 0 aliphatic rings. The van der Waals surface area contributed by atoms with Gasteiger partial charge in [0.05, 0.1) is 13.5 Å². The van der Waals surface area contributed by atoms with Crippen LogP contribution in [0.4, 0.5) is 0 Å². The van der Waals surface area contributed by atoms with Crippen LogP contribution in [0.3, 0.4) is 0 Å². The molecule has 0 aliphatic carbocycles. The van der Waals surface area contributed by atoms with E-state index in [9.17, 15) is 4.79 Å². The lowest BCUT2D eigenvalue weighted by Gasteiger charge is -2.16. The monoisotopic (exact) mass is 290 g/mol. The maximum atomic E-state index is 11.1. The number of hydrogen-bond donors (Lipinski definition) is 1. The second-order valence-corrected chi connectivity index (χ2v) is 4.91. The smallest absolute Gasteiger partial charge is 0.304 e. The molecule has 0 aliphatic heterocycles. The summed E-state index contributed by atoms with van der Waals surface area (Å²) >= 11 is 5.87. The molecule has 0 aromatic heterocycles. The number of benzene rings is 2. The van der Waals surface area contributed by atoms with Crippen LogP contribution < -0.4 is 4.74 Å². The van der Waals surface area contributed by atoms with E-state index in [1.54, 1.807) is 19.2 Å². The predicted octanol–water partition coefficient (Wildman–Crippen LogP) is 3.96. The van der Waals surface area contributed by atoms with Crippen LogP contribution in [-0.4, -0.2) is 18.2 Å². The van der Waals surface area contributed by atoms with Crippen molar-refractivity contribution >= 4 is 17.6 Å². The zero-order valence-electron chi connectivity index (χ0n) is 11.0. The number of carboxylic acids is 1. The van der Waals surface area contributed by atoms with Crippen molar-refractivity contribution in [2.75, 3.05) is 7.11 Å². The van der Waals surface area contributed by atoms with Gasteiger partial charge >= 0.3 is 5.97 Å². The van der Waals surface area contributed by atoms with E-state index in [4.69, 9.17) is 21.4 Å². The number of aliphatic carboxylic acids is 1. The van der Waals surface area contributed by atoms with E-state index in [1.165, 1.54) is 0 Å². The van der Waals surface area contributed by atoms with E-state index in [1.807, 2.05) is 36.4 Å². The van der Waals surface area contributed by atoms with Crippen LogP contribution in [-0.2, 0) is 4.79 Å². The highest BCUT2D eigenvalue weighted by Crippen LogP contribution is 2.30. The zero-order valence-corrected chi connectivity index (χ0v) is 11.8. The first-order valence-corrected chi connectivity index (χ1v) is 6.59. The van der Waals surface area contributed by atoms with Crippen molar-refractivity contribution < 1.29 is 14.6 Å². The number of halogens is 1. The predicted molar refractivity (Wildman–Crippen MR) is 78.5 cm³/mol. The molecule has 2 aromatic carbocycles. The van der Waals surface area contributed by atoms with E-state index in [-0.39, 0.29) is 12.3 Å². The van der Waals surface area contributed by atoms with Crippen molar-refractivity contribution in [3.05, 3.63) is 64.7 Å². The van der Waals surface area contributed by atoms with E-state index in [0.717, 1.165) is 16.9 Å². The van der Waals surface area contributed by atoms with Gasteiger partial charge in [0.25, 0.3) is 0 Å². The molecule has 104 valence electrons. The Hall–Kier alpha value is -2.00. The van der Waals surface area contributed by atoms with Crippen molar-refractivity contribution in [3.63, 3.8) is 0 Å². The van der Waals surface area contributed by atoms with E-state index < -0.39 is 5.97 Å². The third-order valence-corrected chi connectivity index (χ3v) is 3.42. The van der Waals surface area contributed by atoms with E-state index in [0.29, 0.717) is 5.02 Å². The van der Waals surface area contributed by atoms with Gasteiger partial charge in [-0.15, -0.1) is 0 Å². The van der Waals surface area contributed by atoms with Crippen LogP contribution in [0.25, 0.3) is 0 Å². The summed E-state index contributed by atoms with van der Waals surface area (Å²) in [5.41, 5.74) is 1.87. The lowest BCUT2D eigenvalue weighted by atomic mass is 9.88. The van der Waals surface area contributed by atoms with Gasteiger partial charge in [0, 0.05) is 10.9 Å². The first-order chi connectivity index (χ1) is 9.60. The summed E-state index contributed by atoms with van der Waals surface area (Å²) in [5.74, 6) is -0.282. The van der Waals surface area contributed by atoms with Gasteiger partial charge in [0.15, 0.2) is 0 Å². The molecule has 2 rings (SSSR count). The molecule has 3 nitrogen and oxygen atoms in total. The number of ether oxygens (including phenoxy) is 1. The molecule has 20 heavy (non-hydrogen) atoms. The van der Waals surface area contributed by atoms with E-state index >= 15 is 0 Å². The maximum Gasteiger partial charge on any atom is 0.304 e. The molecular formula is C16H15ClO3. The van der Waals surface area contributed by atoms with Crippen LogP contribution in [0.1, 0.15) is 23.5 Å². The molecule has 4 heteroatoms. The lowest BCUT2D eigenvalue weighted by molar-refractivity contribution is -0.137. The Bertz CT molecular complexity index is 576. The molecule has 2 aromatic rings. The first-order valence-electron chi connectivity index (χ1n) is 6.21. The maximum absolute atomic E-state index is 11.1. The Kier molecular flexibility index (Phi) is 4.64. The normalized spacial score (nSPS) is 11.9. The largest absolute Gasteiger partial charge is 0.497 e. The fourth-order valence-electron chi connectivity index (χ4n) is 2.13. The van der Waals surface area contributed by atoms with Gasteiger partial charge in [-0.3, -0.25) is 4.79 Å². The molecule has 1 unspecified atom stereocenters. The molecule has 0 bridgehead atoms. The van der Waals surface area contributed by atoms with Crippen molar-refractivity contribution in [1.29, 1.82) is 0 Å². The van der Waals surface area contributed by atoms with Crippen LogP contribution >= 0.6 is 11.6 Å². The Morgan fingerprint density at radius 1 is 1.10 bits per heavy atom. The minimum Gasteiger partial charge on any atom is -0.497 e. The summed E-state index contributed by atoms with van der Waals surface area (Å²) in [5, 5.41) is 9.75. The summed E-state index contributed by atoms with van der Waals surface area (Å²) in [6, 6.07) is 14.7. The SMILES string of the molecule is COc1ccc(C(CC(=O)O)c2ccc(Cl)cc2)cc1. The van der Waals surface area contributed by atoms with Crippen LogP contribution in [0.5, 0.6) is 5.75 Å². The standard InChI is InChI=1S/C16H15ClO3/c1-20-14-8-4-12(5-9-14)15(10-16(18)19)11-2-6-13(17)7-3-11/h2-9,15H,10H2,1H3,(H,18,19). The molecule has 0 amide bonds. The Balaban J connectivity index is 2.35. The van der Waals surface area contributed by atoms with Gasteiger partial charge in [-0.1, -0.05) is 35.9 Å². The Morgan fingerprint density at radius 2 is 1.60 bits per heavy atom. The summed E-state index contributed by atoms with van der Waals surface area (Å²) in [6.45, 7) is 0. The van der Waals surface area contributed by atoms with Crippen LogP contribution in [0.15, 0.2) is 48.5 Å². The number of hydrogen-bond acceptors (Lipinski definition) is 2. The van der Waals surface area contributed by atoms with Gasteiger partial charge in [0.2, 0.25) is 0 Å². The second kappa shape index (κ2) is 6.44. The average molecular weight is 291 g/mol. The minimum absolute atomic E-state index is 0.0357. The molecule has 1 atom stereocenters. The fourth-order valence-corrected chi connectivity index (χ4v) is 2.26. The Morgan fingerprint density at radius 3 is 2.05 bits per heavy atom. The molecule has 1 N–H and O–H groups in total. The summed E-state index contributed by atoms with van der Waals surface area (Å²) in [7, 11) is 1.60. The summed E-state index contributed by atoms with van der Waals surface area (Å²) in [6.07, 6.45) is 0.0357. The second-order valence-electron chi connectivity index (χ2n) is 4.48. The number of carboxylic acid groups (broad SMARTS) is 1. The highest BCUT2D eigenvalue weighted by atomic mass is 35.5. The van der Waals surface area contributed by atoms with Gasteiger partial charge in [0.1, 0.15) is 5.75 Å². The van der Waals surface area contributed by atoms with Gasteiger partial charge in [-0.05, 0) is 35.4 Å². The third-order valence-electron chi connectivity index (χ3n) is 3.17. The highest BCUT2D eigenvalue weighted by molar-refractivity contribution is 6.30. The van der Waals surface area contributed by atoms with Gasteiger partial charge in [-0.2, -0.15) is 0 Å². The quantitative estimate of drug-likeness (QED) is 0.907. The highest BCUT2D eigenvalue weighted by Gasteiger charge is 2.17. The molecule has 0 spiro atoms. The van der Waals surface area contributed by atoms with Crippen molar-refractivity contribution in [1.82, 2.24) is 0 Å². The van der Waals surface area contributed by atoms with E-state index in [2.05, 4.69) is 0 Å². The van der Waals surface area contributed by atoms with Crippen molar-refractivity contribution in [2.24, 2.45) is 0 Å². The van der Waals surface area contributed by atoms with Gasteiger partial charge < -0.3 is 9.84 Å². The lowest BCUT2D eigenvalue weighted by Crippen LogP contribution is -2.08. The molecular weight excluding hydrogens is 276 g/mol. The fraction of sp³-hybridized carbons (Fsp3) is 0.188. The van der Waals surface area contributed by atoms with Crippen molar-refractivity contribution in [3.8, 4) is 5.75 Å². The minimum atomic E-state index is -0.833. The molecule has 0 fully saturated rings. The zero-order chi connectivity index (χ0) is 14.5. The van der Waals surface area contributed by atoms with Gasteiger partial charge in [-0.25, -0.2) is 0 Å². The van der Waals surface area contributed by atoms with Crippen molar-refractivity contribution in [2.45, 2.75) is 12.3 Å². The van der Waals surface area contributed by atoms with Crippen LogP contribution in [0, 0.1) is 0 Å². The summed E-state index contributed by atoms with van der Waals surface area (Å²) in [4.78, 5) is 11.1. The van der Waals surface area contributed by atoms with Crippen LogP contribution in [0.2, 0.25) is 5.02 Å². The molecule has 0 heterocycles. The number of rotatable bonds is 5. The summed E-state index contributed by atoms with van der Waals surface area (Å²) < 4.78 is 5.12. The Labute approximate surface area is 122 Å². The average Bonchev–Trinajstić information content (AvgIpc) is 2.46. The third kappa shape index (κ3) is 3.52. The number of methoxy groups -OCH3 is 1. The molecule has 0 saturated carbocycles.